The third-order valence-electron chi connectivity index (χ3n) is 14.2. The average Bonchev–Trinajstić information content (AvgIpc) is 3.94. The summed E-state index contributed by atoms with van der Waals surface area (Å²) in [7, 11) is -2.70. The lowest BCUT2D eigenvalue weighted by atomic mass is 9.97. The van der Waals surface area contributed by atoms with Crippen molar-refractivity contribution in [1.29, 1.82) is 0 Å². The Morgan fingerprint density at radius 3 is 0.971 bits per heavy atom. The van der Waals surface area contributed by atoms with Gasteiger partial charge in [-0.15, -0.1) is 0 Å². The molecular formula is C66H46N2Si. The fourth-order valence-corrected chi connectivity index (χ4v) is 15.9. The van der Waals surface area contributed by atoms with Crippen molar-refractivity contribution in [3.05, 3.63) is 279 Å². The average molecular weight is 895 g/mol. The van der Waals surface area contributed by atoms with Crippen LogP contribution in [0.1, 0.15) is 0 Å². The Hall–Kier alpha value is -8.76. The topological polar surface area (TPSA) is 9.86 Å². The molecule has 13 rings (SSSR count). The van der Waals surface area contributed by atoms with Crippen LogP contribution in [0.15, 0.2) is 279 Å². The summed E-state index contributed by atoms with van der Waals surface area (Å²) in [5.41, 5.74) is 14.3. The molecule has 0 atom stereocenters. The molecule has 0 saturated heterocycles. The third-order valence-corrected chi connectivity index (χ3v) is 19.0. The maximum Gasteiger partial charge on any atom is 0.179 e. The second kappa shape index (κ2) is 16.8. The molecule has 0 fully saturated rings. The summed E-state index contributed by atoms with van der Waals surface area (Å²) in [6, 6.07) is 103. The largest absolute Gasteiger partial charge is 0.309 e. The first-order chi connectivity index (χ1) is 34.2. The van der Waals surface area contributed by atoms with Gasteiger partial charge >= 0.3 is 0 Å². The molecule has 2 heterocycles. The van der Waals surface area contributed by atoms with Crippen LogP contribution in [-0.4, -0.2) is 17.2 Å². The van der Waals surface area contributed by atoms with Crippen molar-refractivity contribution >= 4 is 72.4 Å². The van der Waals surface area contributed by atoms with Gasteiger partial charge in [0.25, 0.3) is 0 Å². The predicted octanol–water partition coefficient (Wildman–Crippen LogP) is 14.3. The molecule has 0 spiro atoms. The third kappa shape index (κ3) is 6.78. The van der Waals surface area contributed by atoms with Crippen LogP contribution in [0.3, 0.4) is 0 Å². The van der Waals surface area contributed by atoms with Crippen molar-refractivity contribution in [2.24, 2.45) is 0 Å². The second-order valence-electron chi connectivity index (χ2n) is 18.1. The fraction of sp³-hybridized carbons (Fsp3) is 0. The predicted molar refractivity (Wildman–Crippen MR) is 295 cm³/mol. The number of hydrogen-bond acceptors (Lipinski definition) is 0. The standard InChI is InChI=1S/C66H46N2Si/c1-6-23-53(24-7-1)67-63-35-17-16-34-59(63)60-44-51(37-39-64(60)67)52-38-41-66-62(46-52)61-45-50(36-40-65(61)68(66)54-25-8-2-9-26-54)48-21-18-20-47(42-48)49-22-19-33-58(43-49)69(55-27-10-3-11-28-55,56-29-12-4-13-30-56)57-31-14-5-15-32-57/h1-46H. The highest BCUT2D eigenvalue weighted by Gasteiger charge is 2.41. The Kier molecular flexibility index (Phi) is 9.88. The van der Waals surface area contributed by atoms with Gasteiger partial charge in [0.15, 0.2) is 8.07 Å². The van der Waals surface area contributed by atoms with Crippen molar-refractivity contribution in [2.45, 2.75) is 0 Å². The molecule has 0 amide bonds. The summed E-state index contributed by atoms with van der Waals surface area (Å²) < 4.78 is 4.80. The van der Waals surface area contributed by atoms with Gasteiger partial charge in [0.2, 0.25) is 0 Å². The number of aromatic nitrogens is 2. The Morgan fingerprint density at radius 2 is 0.522 bits per heavy atom. The Labute approximate surface area is 403 Å². The molecule has 3 heteroatoms. The molecule has 0 saturated carbocycles. The van der Waals surface area contributed by atoms with E-state index in [2.05, 4.69) is 288 Å². The van der Waals surface area contributed by atoms with Crippen LogP contribution in [0, 0.1) is 0 Å². The first-order valence-electron chi connectivity index (χ1n) is 23.8. The quantitative estimate of drug-likeness (QED) is 0.101. The van der Waals surface area contributed by atoms with E-state index in [4.69, 9.17) is 0 Å². The number of benzene rings is 11. The van der Waals surface area contributed by atoms with E-state index in [1.807, 2.05) is 0 Å². The second-order valence-corrected chi connectivity index (χ2v) is 21.9. The van der Waals surface area contributed by atoms with E-state index in [0.29, 0.717) is 0 Å². The van der Waals surface area contributed by atoms with E-state index >= 15 is 0 Å². The van der Waals surface area contributed by atoms with Crippen molar-refractivity contribution in [2.75, 3.05) is 0 Å². The molecule has 0 unspecified atom stereocenters. The minimum atomic E-state index is -2.70. The summed E-state index contributed by atoms with van der Waals surface area (Å²) in [4.78, 5) is 0. The Morgan fingerprint density at radius 1 is 0.203 bits per heavy atom. The van der Waals surface area contributed by atoms with Crippen LogP contribution in [0.5, 0.6) is 0 Å². The lowest BCUT2D eigenvalue weighted by Gasteiger charge is -2.34. The molecule has 0 aliphatic heterocycles. The molecule has 2 aromatic heterocycles. The Bertz CT molecular complexity index is 3890. The summed E-state index contributed by atoms with van der Waals surface area (Å²) in [6.07, 6.45) is 0. The number of para-hydroxylation sites is 3. The van der Waals surface area contributed by atoms with E-state index in [1.54, 1.807) is 0 Å². The highest BCUT2D eigenvalue weighted by atomic mass is 28.3. The van der Waals surface area contributed by atoms with E-state index in [9.17, 15) is 0 Å². The van der Waals surface area contributed by atoms with E-state index in [0.717, 1.165) is 5.69 Å². The lowest BCUT2D eigenvalue weighted by molar-refractivity contribution is 1.18. The van der Waals surface area contributed by atoms with Crippen molar-refractivity contribution in [3.8, 4) is 44.8 Å². The molecule has 0 bridgehead atoms. The first-order valence-corrected chi connectivity index (χ1v) is 25.8. The smallest absolute Gasteiger partial charge is 0.179 e. The zero-order valence-electron chi connectivity index (χ0n) is 38.0. The zero-order valence-corrected chi connectivity index (χ0v) is 39.0. The number of rotatable bonds is 9. The first kappa shape index (κ1) is 40.5. The SMILES string of the molecule is c1ccc(-n2c3ccccc3c3cc(-c4ccc5c(c4)c4cc(-c6cccc(-c7cccc([Si](c8ccccc8)(c8ccccc8)c8ccccc8)c7)c6)ccc4n5-c4ccccc4)ccc32)cc1. The van der Waals surface area contributed by atoms with E-state index < -0.39 is 8.07 Å². The highest BCUT2D eigenvalue weighted by molar-refractivity contribution is 7.19. The summed E-state index contributed by atoms with van der Waals surface area (Å²) in [6.45, 7) is 0. The number of nitrogens with zero attached hydrogens (tertiary/aromatic N) is 2. The van der Waals surface area contributed by atoms with E-state index in [-0.39, 0.29) is 0 Å². The normalized spacial score (nSPS) is 11.8. The van der Waals surface area contributed by atoms with Crippen LogP contribution < -0.4 is 20.7 Å². The van der Waals surface area contributed by atoms with Crippen LogP contribution >= 0.6 is 0 Å². The molecule has 0 aliphatic carbocycles. The van der Waals surface area contributed by atoms with Crippen molar-refractivity contribution in [3.63, 3.8) is 0 Å². The highest BCUT2D eigenvalue weighted by Crippen LogP contribution is 2.40. The lowest BCUT2D eigenvalue weighted by Crippen LogP contribution is -2.74. The monoisotopic (exact) mass is 894 g/mol. The van der Waals surface area contributed by atoms with Gasteiger partial charge in [0.1, 0.15) is 0 Å². The molecule has 324 valence electrons. The summed E-state index contributed by atoms with van der Waals surface area (Å²) in [5.74, 6) is 0. The summed E-state index contributed by atoms with van der Waals surface area (Å²) >= 11 is 0. The van der Waals surface area contributed by atoms with Gasteiger partial charge in [-0.05, 0) is 127 Å². The molecule has 69 heavy (non-hydrogen) atoms. The number of fused-ring (bicyclic) bond motifs is 6. The minimum Gasteiger partial charge on any atom is -0.309 e. The fourth-order valence-electron chi connectivity index (χ4n) is 11.1. The summed E-state index contributed by atoms with van der Waals surface area (Å²) in [5, 5.41) is 10.4. The maximum absolute atomic E-state index is 2.70. The van der Waals surface area contributed by atoms with Crippen molar-refractivity contribution in [1.82, 2.24) is 9.13 Å². The van der Waals surface area contributed by atoms with Gasteiger partial charge in [0.05, 0.1) is 22.1 Å². The van der Waals surface area contributed by atoms with Crippen LogP contribution in [0.25, 0.3) is 88.4 Å². The molecule has 0 aliphatic rings. The van der Waals surface area contributed by atoms with Gasteiger partial charge in [-0.1, -0.05) is 206 Å². The maximum atomic E-state index is 2.47. The molecule has 2 nitrogen and oxygen atoms in total. The Balaban J connectivity index is 0.945. The molecule has 13 aromatic rings. The zero-order chi connectivity index (χ0) is 45.7. The molecule has 0 radical (unpaired) electrons. The van der Waals surface area contributed by atoms with Gasteiger partial charge in [-0.25, -0.2) is 0 Å². The van der Waals surface area contributed by atoms with Crippen LogP contribution in [0.4, 0.5) is 0 Å². The molecular weight excluding hydrogens is 849 g/mol. The van der Waals surface area contributed by atoms with Gasteiger partial charge in [-0.3, -0.25) is 0 Å². The van der Waals surface area contributed by atoms with Gasteiger partial charge in [-0.2, -0.15) is 0 Å². The van der Waals surface area contributed by atoms with Crippen LogP contribution in [0.2, 0.25) is 0 Å². The molecule has 11 aromatic carbocycles. The number of hydrogen-bond donors (Lipinski definition) is 0. The van der Waals surface area contributed by atoms with E-state index in [1.165, 1.54) is 103 Å². The van der Waals surface area contributed by atoms with Gasteiger partial charge < -0.3 is 9.13 Å². The minimum absolute atomic E-state index is 1.15. The van der Waals surface area contributed by atoms with Gasteiger partial charge in [0, 0.05) is 32.9 Å². The molecule has 0 N–H and O–H groups in total. The van der Waals surface area contributed by atoms with Crippen LogP contribution in [-0.2, 0) is 0 Å². The van der Waals surface area contributed by atoms with Crippen molar-refractivity contribution < 1.29 is 0 Å².